The number of nitrogens with one attached hydrogen (secondary N) is 2. The lowest BCUT2D eigenvalue weighted by Gasteiger charge is -2.51. The Bertz CT molecular complexity index is 813. The zero-order valence-electron chi connectivity index (χ0n) is 12.9. The highest BCUT2D eigenvalue weighted by Crippen LogP contribution is 2.66. The number of nitriles is 3. The van der Waals surface area contributed by atoms with Gasteiger partial charge < -0.3 is 9.15 Å². The van der Waals surface area contributed by atoms with Gasteiger partial charge in [-0.05, 0) is 25.0 Å². The number of hydrogen-bond acceptors (Lipinski definition) is 7. The molecule has 120 valence electrons. The Morgan fingerprint density at radius 1 is 1.21 bits per heavy atom. The molecule has 1 aromatic heterocycles. The lowest BCUT2D eigenvalue weighted by Crippen LogP contribution is -2.66. The van der Waals surface area contributed by atoms with Gasteiger partial charge in [0.25, 0.3) is 0 Å². The molecule has 0 amide bonds. The molecular weight excluding hydrogens is 306 g/mol. The van der Waals surface area contributed by atoms with E-state index in [0.29, 0.717) is 18.6 Å². The molecule has 3 aliphatic rings. The predicted octanol–water partition coefficient (Wildman–Crippen LogP) is 2.36. The van der Waals surface area contributed by atoms with Gasteiger partial charge in [-0.15, -0.1) is 0 Å². The Kier molecular flexibility index (Phi) is 2.83. The van der Waals surface area contributed by atoms with E-state index in [0.717, 1.165) is 12.8 Å². The molecule has 4 rings (SSSR count). The van der Waals surface area contributed by atoms with Gasteiger partial charge in [-0.3, -0.25) is 10.7 Å². The maximum absolute atomic E-state index is 10.1. The van der Waals surface area contributed by atoms with Crippen molar-refractivity contribution >= 4 is 5.90 Å². The Labute approximate surface area is 138 Å². The average Bonchev–Trinajstić information content (AvgIpc) is 3.19. The van der Waals surface area contributed by atoms with E-state index in [1.807, 2.05) is 0 Å². The van der Waals surface area contributed by atoms with Crippen LogP contribution in [0.25, 0.3) is 0 Å². The van der Waals surface area contributed by atoms with Crippen LogP contribution >= 0.6 is 0 Å². The van der Waals surface area contributed by atoms with Crippen molar-refractivity contribution < 1.29 is 9.15 Å². The monoisotopic (exact) mass is 321 g/mol. The molecule has 2 bridgehead atoms. The van der Waals surface area contributed by atoms with E-state index in [4.69, 9.17) is 14.6 Å². The summed E-state index contributed by atoms with van der Waals surface area (Å²) in [6.45, 7) is 0. The Morgan fingerprint density at radius 3 is 2.62 bits per heavy atom. The number of rotatable bonds is 1. The third kappa shape index (κ3) is 1.36. The largest absolute Gasteiger partial charge is 0.468 e. The molecule has 4 atom stereocenters. The maximum atomic E-state index is 10.1. The van der Waals surface area contributed by atoms with Crippen LogP contribution in [0.5, 0.6) is 0 Å². The molecule has 1 saturated carbocycles. The summed E-state index contributed by atoms with van der Waals surface area (Å²) in [6, 6.07) is 8.79. The minimum absolute atomic E-state index is 0.276. The third-order valence-electron chi connectivity index (χ3n) is 5.82. The van der Waals surface area contributed by atoms with Crippen molar-refractivity contribution in [1.29, 1.82) is 21.2 Å². The normalized spacial score (nSPS) is 39.0. The minimum Gasteiger partial charge on any atom is -0.468 e. The second-order valence-corrected chi connectivity index (χ2v) is 6.66. The Hall–Kier alpha value is -2.82. The van der Waals surface area contributed by atoms with Gasteiger partial charge in [0.1, 0.15) is 11.8 Å². The van der Waals surface area contributed by atoms with Crippen molar-refractivity contribution in [3.63, 3.8) is 0 Å². The van der Waals surface area contributed by atoms with Crippen LogP contribution in [-0.4, -0.2) is 11.6 Å². The predicted molar refractivity (Wildman–Crippen MR) is 79.8 cm³/mol. The van der Waals surface area contributed by atoms with Crippen molar-refractivity contribution in [1.82, 2.24) is 5.32 Å². The van der Waals surface area contributed by atoms with Gasteiger partial charge in [-0.25, -0.2) is 0 Å². The molecular formula is C17H15N5O2. The summed E-state index contributed by atoms with van der Waals surface area (Å²) in [5.74, 6) is -0.275. The van der Waals surface area contributed by atoms with Crippen LogP contribution < -0.4 is 5.32 Å². The molecule has 24 heavy (non-hydrogen) atoms. The Morgan fingerprint density at radius 2 is 2.00 bits per heavy atom. The minimum atomic E-state index is -1.79. The summed E-state index contributed by atoms with van der Waals surface area (Å²) < 4.78 is 11.3. The number of nitrogens with zero attached hydrogens (tertiary/aromatic N) is 3. The van der Waals surface area contributed by atoms with Crippen molar-refractivity contribution in [2.24, 2.45) is 16.7 Å². The van der Waals surface area contributed by atoms with Crippen molar-refractivity contribution in [3.05, 3.63) is 24.2 Å². The average molecular weight is 321 g/mol. The topological polar surface area (TPSA) is 130 Å². The number of hydrogen-bond donors (Lipinski definition) is 2. The van der Waals surface area contributed by atoms with Gasteiger partial charge in [0.05, 0.1) is 24.5 Å². The van der Waals surface area contributed by atoms with Gasteiger partial charge in [-0.2, -0.15) is 15.8 Å². The van der Waals surface area contributed by atoms with Gasteiger partial charge >= 0.3 is 0 Å². The summed E-state index contributed by atoms with van der Waals surface area (Å²) in [5, 5.41) is 41.7. The first-order valence-corrected chi connectivity index (χ1v) is 7.93. The fourth-order valence-electron chi connectivity index (χ4n) is 4.78. The molecule has 2 saturated heterocycles. The summed E-state index contributed by atoms with van der Waals surface area (Å²) in [4.78, 5) is 0. The Balaban J connectivity index is 2.02. The summed E-state index contributed by atoms with van der Waals surface area (Å²) in [5.41, 5.74) is -4.28. The zero-order chi connectivity index (χ0) is 17.0. The highest BCUT2D eigenvalue weighted by atomic mass is 16.5. The molecule has 7 nitrogen and oxygen atoms in total. The van der Waals surface area contributed by atoms with Crippen LogP contribution in [0.1, 0.15) is 37.5 Å². The molecule has 0 radical (unpaired) electrons. The number of ether oxygens (including phenoxy) is 1. The van der Waals surface area contributed by atoms with Gasteiger partial charge in [-0.1, -0.05) is 6.42 Å². The van der Waals surface area contributed by atoms with Crippen molar-refractivity contribution in [3.8, 4) is 18.2 Å². The second-order valence-electron chi connectivity index (χ2n) is 6.66. The molecule has 0 spiro atoms. The smallest absolute Gasteiger partial charge is 0.206 e. The van der Waals surface area contributed by atoms with Crippen LogP contribution in [0, 0.1) is 56.2 Å². The summed E-state index contributed by atoms with van der Waals surface area (Å²) >= 11 is 0. The van der Waals surface area contributed by atoms with E-state index in [-0.39, 0.29) is 5.90 Å². The molecule has 7 heteroatoms. The van der Waals surface area contributed by atoms with E-state index in [1.165, 1.54) is 6.26 Å². The second kappa shape index (κ2) is 4.60. The standard InChI is InChI=1S/C17H15N5O2/c18-8-15(9-19)13(11-4-3-7-23-11)22-17-6-2-1-5-12(17)16(15,10-20)14(21)24-17/h3-4,7,12-13,21-22H,1-2,5-6H2/t12-,13-,16+,17-/m1/s1. The lowest BCUT2D eigenvalue weighted by molar-refractivity contribution is -0.0977. The summed E-state index contributed by atoms with van der Waals surface area (Å²) in [6.07, 6.45) is 4.52. The highest BCUT2D eigenvalue weighted by molar-refractivity contribution is 5.89. The number of furan rings is 1. The first kappa shape index (κ1) is 14.8. The van der Waals surface area contributed by atoms with Crippen LogP contribution in [0.2, 0.25) is 0 Å². The molecule has 0 unspecified atom stereocenters. The van der Waals surface area contributed by atoms with Crippen LogP contribution in [-0.2, 0) is 4.74 Å². The third-order valence-corrected chi connectivity index (χ3v) is 5.82. The highest BCUT2D eigenvalue weighted by Gasteiger charge is 2.79. The lowest BCUT2D eigenvalue weighted by atomic mass is 9.50. The van der Waals surface area contributed by atoms with Crippen LogP contribution in [0.3, 0.4) is 0 Å². The molecule has 3 fully saturated rings. The first-order chi connectivity index (χ1) is 11.6. The number of piperidine rings is 1. The van der Waals surface area contributed by atoms with E-state index in [9.17, 15) is 15.8 Å². The fraction of sp³-hybridized carbons (Fsp3) is 0.529. The first-order valence-electron chi connectivity index (χ1n) is 7.93. The van der Waals surface area contributed by atoms with Crippen molar-refractivity contribution in [2.45, 2.75) is 37.5 Å². The molecule has 2 N–H and O–H groups in total. The molecule has 0 aromatic carbocycles. The van der Waals surface area contributed by atoms with Gasteiger partial charge in [0.15, 0.2) is 16.6 Å². The zero-order valence-corrected chi connectivity index (χ0v) is 12.9. The van der Waals surface area contributed by atoms with Crippen LogP contribution in [0.15, 0.2) is 22.8 Å². The molecule has 1 aliphatic carbocycles. The van der Waals surface area contributed by atoms with E-state index < -0.39 is 28.5 Å². The van der Waals surface area contributed by atoms with Gasteiger partial charge in [0, 0.05) is 12.3 Å². The molecule has 1 aromatic rings. The maximum Gasteiger partial charge on any atom is 0.206 e. The SMILES string of the molecule is N#CC1(C#N)[C@@H](c2ccco2)N[C@@]23CCCC[C@@H]2[C@@]1(C#N)C(=N)O3. The van der Waals surface area contributed by atoms with Crippen molar-refractivity contribution in [2.75, 3.05) is 0 Å². The molecule has 3 heterocycles. The summed E-state index contributed by atoms with van der Waals surface area (Å²) in [7, 11) is 0. The van der Waals surface area contributed by atoms with E-state index in [2.05, 4.69) is 23.5 Å². The van der Waals surface area contributed by atoms with Crippen LogP contribution in [0.4, 0.5) is 0 Å². The fourth-order valence-corrected chi connectivity index (χ4v) is 4.78. The van der Waals surface area contributed by atoms with Gasteiger partial charge in [0.2, 0.25) is 5.90 Å². The molecule has 2 aliphatic heterocycles. The van der Waals surface area contributed by atoms with E-state index >= 15 is 0 Å². The van der Waals surface area contributed by atoms with E-state index in [1.54, 1.807) is 12.1 Å². The quantitative estimate of drug-likeness (QED) is 0.816.